The molecule has 0 bridgehead atoms. The third-order valence-electron chi connectivity index (χ3n) is 18.8. The SMILES string of the molecule is Cc1ccc(-c2cc3c(c4c2oc2ccccc24)-c2ccc(N(c4ccc5c(c4)C(C)(C)c4c6c(c7c(oc8ccccc87)c4-5)-c4ccccc4C6(C)C)c4c(-c5ccccc5)cccc4-c4ccccc4)cc2C3(C)C)c(C)c1. The van der Waals surface area contributed by atoms with Gasteiger partial charge in [-0.15, -0.1) is 0 Å². The molecular formula is C77H59NO2. The molecule has 0 saturated carbocycles. The first-order valence-corrected chi connectivity index (χ1v) is 28.3. The van der Waals surface area contributed by atoms with Gasteiger partial charge >= 0.3 is 0 Å². The van der Waals surface area contributed by atoms with Crippen LogP contribution in [-0.4, -0.2) is 0 Å². The van der Waals surface area contributed by atoms with Crippen molar-refractivity contribution in [2.45, 2.75) is 71.6 Å². The van der Waals surface area contributed by atoms with Gasteiger partial charge in [0.25, 0.3) is 0 Å². The molecular weight excluding hydrogens is 971 g/mol. The highest BCUT2D eigenvalue weighted by Gasteiger charge is 2.49. The highest BCUT2D eigenvalue weighted by atomic mass is 16.3. The monoisotopic (exact) mass is 1030 g/mol. The standard InChI is InChI=1S/C77H59NO2/c1-44-34-37-50(45(2)40-44)58-43-62-65(67-56-27-16-19-32-63(56)79-73(58)67)54-38-35-48(41-60(54)75(62,3)4)78(72-51(46-22-11-9-12-23-46)29-21-30-52(72)47-24-13-10-14-25-47)49-36-39-55-61(42-49)77(7,8)71-69(55)74-68(57-28-17-20-33-64(57)80-74)66-53-26-15-18-31-59(53)76(5,6)70(66)71/h9-43H,1-8H3. The highest BCUT2D eigenvalue weighted by Crippen LogP contribution is 2.64. The van der Waals surface area contributed by atoms with Gasteiger partial charge in [-0.1, -0.05) is 217 Å². The van der Waals surface area contributed by atoms with Gasteiger partial charge in [-0.2, -0.15) is 0 Å². The first-order valence-electron chi connectivity index (χ1n) is 28.3. The Morgan fingerprint density at radius 1 is 0.338 bits per heavy atom. The van der Waals surface area contributed by atoms with Crippen LogP contribution in [0, 0.1) is 13.8 Å². The Balaban J connectivity index is 0.971. The molecule has 2 aromatic heterocycles. The molecule has 80 heavy (non-hydrogen) atoms. The second-order valence-corrected chi connectivity index (χ2v) is 24.4. The Labute approximate surface area is 467 Å². The number of hydrogen-bond acceptors (Lipinski definition) is 3. The van der Waals surface area contributed by atoms with Crippen LogP contribution in [0.1, 0.15) is 86.1 Å². The van der Waals surface area contributed by atoms with Gasteiger partial charge in [0.2, 0.25) is 0 Å². The molecule has 13 aromatic rings. The van der Waals surface area contributed by atoms with Gasteiger partial charge in [-0.3, -0.25) is 0 Å². The maximum Gasteiger partial charge on any atom is 0.144 e. The summed E-state index contributed by atoms with van der Waals surface area (Å²) in [6.45, 7) is 19.0. The Morgan fingerprint density at radius 2 is 0.825 bits per heavy atom. The summed E-state index contributed by atoms with van der Waals surface area (Å²) in [6, 6.07) is 78.9. The molecule has 3 nitrogen and oxygen atoms in total. The number of hydrogen-bond donors (Lipinski definition) is 0. The second kappa shape index (κ2) is 16.4. The maximum absolute atomic E-state index is 7.16. The predicted molar refractivity (Wildman–Crippen MR) is 334 cm³/mol. The molecule has 3 heteroatoms. The van der Waals surface area contributed by atoms with Crippen LogP contribution in [-0.2, 0) is 16.2 Å². The zero-order valence-electron chi connectivity index (χ0n) is 46.5. The first-order chi connectivity index (χ1) is 38.8. The Hall–Kier alpha value is -9.18. The lowest BCUT2D eigenvalue weighted by Gasteiger charge is -2.33. The van der Waals surface area contributed by atoms with E-state index in [0.29, 0.717) is 0 Å². The smallest absolute Gasteiger partial charge is 0.144 e. The summed E-state index contributed by atoms with van der Waals surface area (Å²) in [5.74, 6) is 0. The van der Waals surface area contributed by atoms with Crippen molar-refractivity contribution in [3.05, 3.63) is 257 Å². The molecule has 0 saturated heterocycles. The van der Waals surface area contributed by atoms with Crippen molar-refractivity contribution in [3.8, 4) is 66.8 Å². The summed E-state index contributed by atoms with van der Waals surface area (Å²) < 4.78 is 14.1. The Bertz CT molecular complexity index is 4750. The van der Waals surface area contributed by atoms with E-state index in [4.69, 9.17) is 8.83 Å². The van der Waals surface area contributed by atoms with Crippen LogP contribution in [0.2, 0.25) is 0 Å². The van der Waals surface area contributed by atoms with Gasteiger partial charge in [0.15, 0.2) is 0 Å². The van der Waals surface area contributed by atoms with E-state index in [-0.39, 0.29) is 10.8 Å². The number of para-hydroxylation sites is 3. The van der Waals surface area contributed by atoms with Crippen LogP contribution in [0.15, 0.2) is 221 Å². The van der Waals surface area contributed by atoms with E-state index in [1.807, 2.05) is 0 Å². The van der Waals surface area contributed by atoms with Crippen LogP contribution in [0.4, 0.5) is 17.1 Å². The van der Waals surface area contributed by atoms with Crippen LogP contribution in [0.25, 0.3) is 111 Å². The number of aryl methyl sites for hydroxylation is 2. The van der Waals surface area contributed by atoms with E-state index in [1.54, 1.807) is 0 Å². The number of benzene rings is 11. The molecule has 0 aliphatic heterocycles. The van der Waals surface area contributed by atoms with Crippen molar-refractivity contribution in [1.29, 1.82) is 0 Å². The molecule has 3 aliphatic rings. The van der Waals surface area contributed by atoms with Gasteiger partial charge < -0.3 is 13.7 Å². The molecule has 0 fully saturated rings. The van der Waals surface area contributed by atoms with Crippen molar-refractivity contribution in [2.75, 3.05) is 4.90 Å². The normalized spacial score (nSPS) is 14.8. The van der Waals surface area contributed by atoms with E-state index >= 15 is 0 Å². The molecule has 3 aliphatic carbocycles. The molecule has 0 spiro atoms. The molecule has 11 aromatic carbocycles. The van der Waals surface area contributed by atoms with Crippen LogP contribution >= 0.6 is 0 Å². The lowest BCUT2D eigenvalue weighted by Crippen LogP contribution is -2.24. The molecule has 0 radical (unpaired) electrons. The zero-order valence-corrected chi connectivity index (χ0v) is 46.5. The van der Waals surface area contributed by atoms with E-state index in [0.717, 1.165) is 72.6 Å². The fourth-order valence-corrected chi connectivity index (χ4v) is 15.1. The number of fused-ring (bicyclic) bond motifs is 19. The van der Waals surface area contributed by atoms with E-state index in [9.17, 15) is 0 Å². The Kier molecular flexibility index (Phi) is 9.63. The van der Waals surface area contributed by atoms with Crippen molar-refractivity contribution in [1.82, 2.24) is 0 Å². The van der Waals surface area contributed by atoms with Crippen molar-refractivity contribution >= 4 is 60.9 Å². The average molecular weight is 1030 g/mol. The van der Waals surface area contributed by atoms with Crippen molar-refractivity contribution < 1.29 is 8.83 Å². The van der Waals surface area contributed by atoms with E-state index < -0.39 is 5.41 Å². The van der Waals surface area contributed by atoms with E-state index in [1.165, 1.54) is 99.6 Å². The van der Waals surface area contributed by atoms with Crippen molar-refractivity contribution in [2.24, 2.45) is 0 Å². The summed E-state index contributed by atoms with van der Waals surface area (Å²) in [5.41, 5.74) is 31.1. The number of furan rings is 2. The minimum Gasteiger partial charge on any atom is -0.455 e. The van der Waals surface area contributed by atoms with Crippen LogP contribution in [0.3, 0.4) is 0 Å². The minimum atomic E-state index is -0.405. The van der Waals surface area contributed by atoms with E-state index in [2.05, 4.69) is 273 Å². The van der Waals surface area contributed by atoms with Crippen molar-refractivity contribution in [3.63, 3.8) is 0 Å². The van der Waals surface area contributed by atoms with Crippen LogP contribution < -0.4 is 4.90 Å². The lowest BCUT2D eigenvalue weighted by atomic mass is 9.72. The summed E-state index contributed by atoms with van der Waals surface area (Å²) >= 11 is 0. The minimum absolute atomic E-state index is 0.251. The fourth-order valence-electron chi connectivity index (χ4n) is 15.1. The number of nitrogens with zero attached hydrogens (tertiary/aromatic N) is 1. The first kappa shape index (κ1) is 46.9. The molecule has 0 unspecified atom stereocenters. The molecule has 16 rings (SSSR count). The summed E-state index contributed by atoms with van der Waals surface area (Å²) in [6.07, 6.45) is 0. The highest BCUT2D eigenvalue weighted by molar-refractivity contribution is 6.22. The molecule has 0 N–H and O–H groups in total. The quantitative estimate of drug-likeness (QED) is 0.166. The molecule has 0 amide bonds. The fraction of sp³-hybridized carbons (Fsp3) is 0.143. The molecule has 2 heterocycles. The van der Waals surface area contributed by atoms with Gasteiger partial charge in [0.05, 0.1) is 5.69 Å². The average Bonchev–Trinajstić information content (AvgIpc) is 4.35. The zero-order chi connectivity index (χ0) is 54.1. The maximum atomic E-state index is 7.16. The Morgan fingerprint density at radius 3 is 1.46 bits per heavy atom. The summed E-state index contributed by atoms with van der Waals surface area (Å²) in [5, 5.41) is 4.71. The second-order valence-electron chi connectivity index (χ2n) is 24.4. The lowest BCUT2D eigenvalue weighted by molar-refractivity contribution is 0.600. The van der Waals surface area contributed by atoms with Gasteiger partial charge in [0, 0.05) is 71.4 Å². The predicted octanol–water partition coefficient (Wildman–Crippen LogP) is 21.5. The van der Waals surface area contributed by atoms with Gasteiger partial charge in [0.1, 0.15) is 22.3 Å². The topological polar surface area (TPSA) is 29.5 Å². The van der Waals surface area contributed by atoms with Crippen LogP contribution in [0.5, 0.6) is 0 Å². The number of rotatable bonds is 6. The third-order valence-corrected chi connectivity index (χ3v) is 18.8. The largest absolute Gasteiger partial charge is 0.455 e. The molecule has 0 atom stereocenters. The van der Waals surface area contributed by atoms with Gasteiger partial charge in [-0.05, 0) is 140 Å². The molecule has 384 valence electrons. The van der Waals surface area contributed by atoms with Gasteiger partial charge in [-0.25, -0.2) is 0 Å². The third kappa shape index (κ3) is 6.26. The summed E-state index contributed by atoms with van der Waals surface area (Å²) in [7, 11) is 0. The summed E-state index contributed by atoms with van der Waals surface area (Å²) in [4.78, 5) is 2.58. The number of anilines is 3.